The van der Waals surface area contributed by atoms with Crippen molar-refractivity contribution in [2.24, 2.45) is 0 Å². The van der Waals surface area contributed by atoms with Crippen LogP contribution in [0.25, 0.3) is 5.69 Å². The Labute approximate surface area is 144 Å². The second-order valence-corrected chi connectivity index (χ2v) is 6.37. The van der Waals surface area contributed by atoms with Gasteiger partial charge in [0.15, 0.2) is 5.69 Å². The van der Waals surface area contributed by atoms with Crippen LogP contribution in [0.15, 0.2) is 22.9 Å². The number of ether oxygens (including phenoxy) is 1. The molecule has 2 heterocycles. The normalized spacial score (nSPS) is 17.5. The van der Waals surface area contributed by atoms with E-state index in [-0.39, 0.29) is 17.7 Å². The first kappa shape index (κ1) is 16.9. The van der Waals surface area contributed by atoms with Crippen molar-refractivity contribution < 1.29 is 22.7 Å². The standard InChI is InChI=1S/C15H13BrF3N3O2/c1-24-14(23)11-4-2-3-10-12(11)22(21-13(10)15(17,18)19)9-5-8(16)6-20-7-9/h5-7,11H,2-4H2,1H3. The Kier molecular flexibility index (Phi) is 4.37. The Hall–Kier alpha value is -1.90. The Morgan fingerprint density at radius 3 is 2.79 bits per heavy atom. The first-order valence-electron chi connectivity index (χ1n) is 7.20. The van der Waals surface area contributed by atoms with Crippen LogP contribution in [0.3, 0.4) is 0 Å². The van der Waals surface area contributed by atoms with Crippen LogP contribution in [0.5, 0.6) is 0 Å². The molecule has 1 aliphatic rings. The summed E-state index contributed by atoms with van der Waals surface area (Å²) < 4.78 is 46.7. The average Bonchev–Trinajstić information content (AvgIpc) is 2.94. The maximum atomic E-state index is 13.4. The topological polar surface area (TPSA) is 57.0 Å². The molecule has 0 spiro atoms. The molecule has 9 heteroatoms. The number of rotatable bonds is 2. The minimum Gasteiger partial charge on any atom is -0.469 e. The number of aromatic nitrogens is 3. The largest absolute Gasteiger partial charge is 0.469 e. The van der Waals surface area contributed by atoms with E-state index in [1.54, 1.807) is 6.07 Å². The summed E-state index contributed by atoms with van der Waals surface area (Å²) in [7, 11) is 1.22. The van der Waals surface area contributed by atoms with E-state index in [4.69, 9.17) is 4.74 Å². The fraction of sp³-hybridized carbons (Fsp3) is 0.400. The van der Waals surface area contributed by atoms with E-state index in [2.05, 4.69) is 26.0 Å². The molecule has 1 aliphatic carbocycles. The molecule has 0 saturated carbocycles. The summed E-state index contributed by atoms with van der Waals surface area (Å²) in [6, 6.07) is 1.60. The lowest BCUT2D eigenvalue weighted by Gasteiger charge is -2.22. The lowest BCUT2D eigenvalue weighted by molar-refractivity contribution is -0.144. The highest BCUT2D eigenvalue weighted by atomic mass is 79.9. The van der Waals surface area contributed by atoms with E-state index >= 15 is 0 Å². The third kappa shape index (κ3) is 2.92. The van der Waals surface area contributed by atoms with E-state index in [0.29, 0.717) is 23.0 Å². The minimum atomic E-state index is -4.59. The summed E-state index contributed by atoms with van der Waals surface area (Å²) >= 11 is 3.24. The second kappa shape index (κ2) is 6.19. The highest BCUT2D eigenvalue weighted by molar-refractivity contribution is 9.10. The van der Waals surface area contributed by atoms with Crippen molar-refractivity contribution in [3.63, 3.8) is 0 Å². The predicted octanol–water partition coefficient (Wildman–Crippen LogP) is 3.64. The predicted molar refractivity (Wildman–Crippen MR) is 81.8 cm³/mol. The third-order valence-electron chi connectivity index (χ3n) is 3.96. The molecule has 0 aliphatic heterocycles. The number of hydrogen-bond donors (Lipinski definition) is 0. The van der Waals surface area contributed by atoms with Crippen LogP contribution >= 0.6 is 15.9 Å². The maximum absolute atomic E-state index is 13.4. The molecule has 0 bridgehead atoms. The lowest BCUT2D eigenvalue weighted by atomic mass is 9.86. The van der Waals surface area contributed by atoms with Gasteiger partial charge in [0.05, 0.1) is 30.6 Å². The smallest absolute Gasteiger partial charge is 0.435 e. The van der Waals surface area contributed by atoms with Crippen LogP contribution < -0.4 is 0 Å². The Balaban J connectivity index is 2.25. The summed E-state index contributed by atoms with van der Waals surface area (Å²) in [5.74, 6) is -1.34. The monoisotopic (exact) mass is 403 g/mol. The highest BCUT2D eigenvalue weighted by Crippen LogP contribution is 2.41. The van der Waals surface area contributed by atoms with E-state index in [0.717, 1.165) is 4.68 Å². The molecular formula is C15H13BrF3N3O2. The molecule has 0 fully saturated rings. The molecule has 1 unspecified atom stereocenters. The SMILES string of the molecule is COC(=O)C1CCCc2c(C(F)(F)F)nn(-c3cncc(Br)c3)c21. The van der Waals surface area contributed by atoms with Gasteiger partial charge in [-0.25, -0.2) is 4.68 Å². The van der Waals surface area contributed by atoms with Gasteiger partial charge in [0.1, 0.15) is 0 Å². The van der Waals surface area contributed by atoms with Crippen molar-refractivity contribution in [3.8, 4) is 5.69 Å². The van der Waals surface area contributed by atoms with Crippen LogP contribution in [0.4, 0.5) is 13.2 Å². The van der Waals surface area contributed by atoms with Gasteiger partial charge in [-0.2, -0.15) is 18.3 Å². The first-order valence-corrected chi connectivity index (χ1v) is 8.00. The number of esters is 1. The van der Waals surface area contributed by atoms with Crippen molar-refractivity contribution in [1.29, 1.82) is 0 Å². The van der Waals surface area contributed by atoms with Gasteiger partial charge < -0.3 is 4.74 Å². The molecule has 24 heavy (non-hydrogen) atoms. The molecule has 2 aromatic heterocycles. The number of pyridine rings is 1. The number of methoxy groups -OCH3 is 1. The molecule has 0 amide bonds. The van der Waals surface area contributed by atoms with E-state index < -0.39 is 23.8 Å². The number of fused-ring (bicyclic) bond motifs is 1. The van der Waals surface area contributed by atoms with E-state index in [1.807, 2.05) is 0 Å². The molecule has 5 nitrogen and oxygen atoms in total. The Bertz CT molecular complexity index is 789. The summed E-state index contributed by atoms with van der Waals surface area (Å²) in [5.41, 5.74) is -0.303. The zero-order chi connectivity index (χ0) is 17.5. The highest BCUT2D eigenvalue weighted by Gasteiger charge is 2.43. The third-order valence-corrected chi connectivity index (χ3v) is 4.40. The summed E-state index contributed by atoms with van der Waals surface area (Å²) in [5, 5.41) is 3.76. The fourth-order valence-electron chi connectivity index (χ4n) is 3.00. The fourth-order valence-corrected chi connectivity index (χ4v) is 3.35. The maximum Gasteiger partial charge on any atom is 0.435 e. The lowest BCUT2D eigenvalue weighted by Crippen LogP contribution is -2.23. The van der Waals surface area contributed by atoms with Gasteiger partial charge >= 0.3 is 12.1 Å². The van der Waals surface area contributed by atoms with Crippen molar-refractivity contribution in [1.82, 2.24) is 14.8 Å². The van der Waals surface area contributed by atoms with Gasteiger partial charge in [-0.1, -0.05) is 0 Å². The molecule has 0 saturated heterocycles. The van der Waals surface area contributed by atoms with Crippen molar-refractivity contribution >= 4 is 21.9 Å². The van der Waals surface area contributed by atoms with E-state index in [9.17, 15) is 18.0 Å². The summed E-state index contributed by atoms with van der Waals surface area (Å²) in [6.45, 7) is 0. The first-order chi connectivity index (χ1) is 11.3. The summed E-state index contributed by atoms with van der Waals surface area (Å²) in [4.78, 5) is 16.0. The Morgan fingerprint density at radius 1 is 1.42 bits per heavy atom. The molecule has 0 aromatic carbocycles. The van der Waals surface area contributed by atoms with Crippen molar-refractivity contribution in [3.05, 3.63) is 39.9 Å². The molecule has 128 valence electrons. The van der Waals surface area contributed by atoms with Crippen LogP contribution in [0, 0.1) is 0 Å². The molecular weight excluding hydrogens is 391 g/mol. The van der Waals surface area contributed by atoms with Crippen LogP contribution in [0.2, 0.25) is 0 Å². The average molecular weight is 404 g/mol. The number of carbonyl (C=O) groups excluding carboxylic acids is 1. The molecule has 2 aromatic rings. The van der Waals surface area contributed by atoms with Crippen molar-refractivity contribution in [2.45, 2.75) is 31.4 Å². The van der Waals surface area contributed by atoms with Gasteiger partial charge in [-0.05, 0) is 41.3 Å². The molecule has 1 atom stereocenters. The minimum absolute atomic E-state index is 0.0594. The number of carbonyl (C=O) groups is 1. The Morgan fingerprint density at radius 2 is 2.17 bits per heavy atom. The molecule has 0 radical (unpaired) electrons. The zero-order valence-corrected chi connectivity index (χ0v) is 14.2. The van der Waals surface area contributed by atoms with Crippen molar-refractivity contribution in [2.75, 3.05) is 7.11 Å². The number of halogens is 4. The van der Waals surface area contributed by atoms with Gasteiger partial charge in [-0.3, -0.25) is 9.78 Å². The molecule has 0 N–H and O–H groups in total. The van der Waals surface area contributed by atoms with Gasteiger partial charge in [-0.15, -0.1) is 0 Å². The second-order valence-electron chi connectivity index (χ2n) is 5.45. The van der Waals surface area contributed by atoms with Gasteiger partial charge in [0.2, 0.25) is 0 Å². The number of nitrogens with zero attached hydrogens (tertiary/aromatic N) is 3. The van der Waals surface area contributed by atoms with Gasteiger partial charge in [0.25, 0.3) is 0 Å². The summed E-state index contributed by atoms with van der Waals surface area (Å²) in [6.07, 6.45) is -0.558. The van der Waals surface area contributed by atoms with E-state index in [1.165, 1.54) is 19.5 Å². The van der Waals surface area contributed by atoms with Crippen LogP contribution in [-0.4, -0.2) is 27.8 Å². The number of alkyl halides is 3. The molecule has 3 rings (SSSR count). The number of hydrogen-bond acceptors (Lipinski definition) is 4. The van der Waals surface area contributed by atoms with Gasteiger partial charge in [0, 0.05) is 16.2 Å². The quantitative estimate of drug-likeness (QED) is 0.718. The van der Waals surface area contributed by atoms with Crippen LogP contribution in [-0.2, 0) is 22.1 Å². The van der Waals surface area contributed by atoms with Crippen LogP contribution in [0.1, 0.15) is 35.7 Å². The zero-order valence-electron chi connectivity index (χ0n) is 12.6.